The molecule has 0 spiro atoms. The fourth-order valence-corrected chi connectivity index (χ4v) is 0.864. The Morgan fingerprint density at radius 1 is 1.17 bits per heavy atom. The largest absolute Gasteiger partial charge is 0.375 e. The van der Waals surface area contributed by atoms with Gasteiger partial charge in [-0.25, -0.2) is 11.0 Å². The van der Waals surface area contributed by atoms with Crippen LogP contribution in [-0.4, -0.2) is 10.2 Å². The summed E-state index contributed by atoms with van der Waals surface area (Å²) in [6, 6.07) is 0. The molecule has 0 bridgehead atoms. The molecule has 7 nitrogen and oxygen atoms in total. The van der Waals surface area contributed by atoms with Crippen LogP contribution in [0.2, 0.25) is 0 Å². The highest BCUT2D eigenvalue weighted by Gasteiger charge is 1.99. The van der Waals surface area contributed by atoms with Crippen molar-refractivity contribution in [3.05, 3.63) is 0 Å². The summed E-state index contributed by atoms with van der Waals surface area (Å²) in [4.78, 5) is 0. The topological polar surface area (TPSA) is 112 Å². The zero-order chi connectivity index (χ0) is 9.56. The van der Waals surface area contributed by atoms with E-state index in [0.29, 0.717) is 0 Å². The molecule has 6 N–H and O–H groups in total. The van der Waals surface area contributed by atoms with Crippen molar-refractivity contribution in [1.29, 1.82) is 0 Å². The minimum Gasteiger partial charge on any atom is -0.375 e. The predicted molar refractivity (Wildman–Crippen MR) is 51.0 cm³/mol. The zero-order valence-electron chi connectivity index (χ0n) is 5.70. The van der Waals surface area contributed by atoms with Gasteiger partial charge in [-0.2, -0.15) is 9.25 Å². The molecule has 0 aromatic rings. The van der Waals surface area contributed by atoms with E-state index in [4.69, 9.17) is 11.5 Å². The quantitative estimate of drug-likeness (QED) is 0.272. The fourth-order valence-electron chi connectivity index (χ4n) is 0.205. The third-order valence-corrected chi connectivity index (χ3v) is 1.17. The Labute approximate surface area is 79.6 Å². The van der Waals surface area contributed by atoms with Crippen molar-refractivity contribution in [3.63, 3.8) is 0 Å². The Kier molecular flexibility index (Phi) is 5.85. The average Bonchev–Trinajstić information content (AvgIpc) is 1.96. The molecule has 0 aliphatic heterocycles. The molecule has 0 heterocycles. The standard InChI is InChI=1S/C2H7N4O3PS2/c3-1(11)5-8-10(7)9-6-2(4)12/h10H,(H3,3,5,11)(H3,4,6,12). The van der Waals surface area contributed by atoms with Crippen LogP contribution in [-0.2, 0) is 13.8 Å². The molecule has 0 aromatic carbocycles. The van der Waals surface area contributed by atoms with Gasteiger partial charge >= 0.3 is 8.25 Å². The maximum atomic E-state index is 10.6. The third kappa shape index (κ3) is 7.63. The van der Waals surface area contributed by atoms with Gasteiger partial charge in [0.1, 0.15) is 0 Å². The van der Waals surface area contributed by atoms with Crippen LogP contribution in [0.25, 0.3) is 0 Å². The van der Waals surface area contributed by atoms with Crippen molar-refractivity contribution >= 4 is 42.9 Å². The van der Waals surface area contributed by atoms with Gasteiger partial charge in [-0.05, 0) is 24.4 Å². The molecular weight excluding hydrogens is 223 g/mol. The van der Waals surface area contributed by atoms with Crippen LogP contribution >= 0.6 is 32.7 Å². The SMILES string of the molecule is NC(=S)NO[PH](=O)ONC(N)=S. The third-order valence-electron chi connectivity index (χ3n) is 0.470. The number of rotatable bonds is 4. The van der Waals surface area contributed by atoms with E-state index in [1.165, 1.54) is 0 Å². The van der Waals surface area contributed by atoms with Gasteiger partial charge in [-0.1, -0.05) is 0 Å². The molecule has 12 heavy (non-hydrogen) atoms. The van der Waals surface area contributed by atoms with E-state index in [-0.39, 0.29) is 10.2 Å². The minimum absolute atomic E-state index is 0.160. The highest BCUT2D eigenvalue weighted by Crippen LogP contribution is 2.18. The molecule has 0 atom stereocenters. The number of nitrogens with one attached hydrogen (secondary N) is 2. The monoisotopic (exact) mass is 230 g/mol. The van der Waals surface area contributed by atoms with Gasteiger partial charge in [0, 0.05) is 0 Å². The Hall–Kier alpha value is -0.470. The van der Waals surface area contributed by atoms with E-state index in [0.717, 1.165) is 0 Å². The van der Waals surface area contributed by atoms with Crippen LogP contribution < -0.4 is 22.4 Å². The van der Waals surface area contributed by atoms with Gasteiger partial charge in [-0.3, -0.25) is 4.57 Å². The normalized spacial score (nSPS) is 9.42. The number of nitrogens with two attached hydrogens (primary N) is 2. The summed E-state index contributed by atoms with van der Waals surface area (Å²) < 4.78 is 19.2. The minimum atomic E-state index is -2.79. The lowest BCUT2D eigenvalue weighted by Gasteiger charge is -2.05. The maximum absolute atomic E-state index is 10.6. The smallest absolute Gasteiger partial charge is 0.361 e. The molecule has 0 unspecified atom stereocenters. The molecule has 0 amide bonds. The number of hydrogen-bond acceptors (Lipinski definition) is 5. The lowest BCUT2D eigenvalue weighted by molar-refractivity contribution is 0.174. The van der Waals surface area contributed by atoms with Crippen molar-refractivity contribution in [2.24, 2.45) is 11.5 Å². The summed E-state index contributed by atoms with van der Waals surface area (Å²) in [7, 11) is -2.79. The second-order valence-electron chi connectivity index (χ2n) is 1.39. The number of hydroxylamine groups is 2. The molecule has 0 radical (unpaired) electrons. The predicted octanol–water partition coefficient (Wildman–Crippen LogP) is -1.09. The van der Waals surface area contributed by atoms with Crippen molar-refractivity contribution in [3.8, 4) is 0 Å². The Balaban J connectivity index is 3.47. The molecule has 0 aliphatic carbocycles. The van der Waals surface area contributed by atoms with Gasteiger partial charge in [0.05, 0.1) is 0 Å². The highest BCUT2D eigenvalue weighted by atomic mass is 32.1. The van der Waals surface area contributed by atoms with Gasteiger partial charge in [0.25, 0.3) is 0 Å². The van der Waals surface area contributed by atoms with Crippen molar-refractivity contribution < 1.29 is 13.8 Å². The molecule has 0 saturated carbocycles. The number of thiocarbonyl (C=S) groups is 2. The molecule has 70 valence electrons. The second-order valence-corrected chi connectivity index (χ2v) is 3.17. The summed E-state index contributed by atoms with van der Waals surface area (Å²) >= 11 is 8.68. The van der Waals surface area contributed by atoms with Gasteiger partial charge < -0.3 is 11.5 Å². The van der Waals surface area contributed by atoms with Crippen LogP contribution in [0.4, 0.5) is 0 Å². The first-order valence-corrected chi connectivity index (χ1v) is 4.55. The summed E-state index contributed by atoms with van der Waals surface area (Å²) in [6.45, 7) is 0. The highest BCUT2D eigenvalue weighted by molar-refractivity contribution is 7.80. The van der Waals surface area contributed by atoms with Crippen LogP contribution in [0.5, 0.6) is 0 Å². The van der Waals surface area contributed by atoms with Crippen molar-refractivity contribution in [1.82, 2.24) is 11.0 Å². The fraction of sp³-hybridized carbons (Fsp3) is 0. The summed E-state index contributed by atoms with van der Waals surface area (Å²) in [5, 5.41) is -0.320. The van der Waals surface area contributed by atoms with E-state index in [9.17, 15) is 4.57 Å². The van der Waals surface area contributed by atoms with Crippen LogP contribution in [0.15, 0.2) is 0 Å². The van der Waals surface area contributed by atoms with Crippen molar-refractivity contribution in [2.45, 2.75) is 0 Å². The van der Waals surface area contributed by atoms with Gasteiger partial charge in [0.15, 0.2) is 10.2 Å². The zero-order valence-corrected chi connectivity index (χ0v) is 8.33. The van der Waals surface area contributed by atoms with E-state index in [1.807, 2.05) is 11.0 Å². The van der Waals surface area contributed by atoms with Crippen molar-refractivity contribution in [2.75, 3.05) is 0 Å². The van der Waals surface area contributed by atoms with E-state index in [1.54, 1.807) is 0 Å². The van der Waals surface area contributed by atoms with Crippen LogP contribution in [0.1, 0.15) is 0 Å². The lowest BCUT2D eigenvalue weighted by atomic mass is 11.2. The Morgan fingerprint density at radius 2 is 1.50 bits per heavy atom. The molecule has 0 rings (SSSR count). The van der Waals surface area contributed by atoms with E-state index >= 15 is 0 Å². The first-order chi connectivity index (χ1) is 5.52. The molecular formula is C2H7N4O3PS2. The number of hydrogen-bond donors (Lipinski definition) is 4. The Bertz CT molecular complexity index is 190. The summed E-state index contributed by atoms with van der Waals surface area (Å²) in [6.07, 6.45) is 0. The van der Waals surface area contributed by atoms with E-state index < -0.39 is 8.25 Å². The first kappa shape index (κ1) is 11.5. The molecule has 0 aliphatic rings. The summed E-state index contributed by atoms with van der Waals surface area (Å²) in [5.41, 5.74) is 13.8. The van der Waals surface area contributed by atoms with Crippen LogP contribution in [0.3, 0.4) is 0 Å². The Morgan fingerprint density at radius 3 is 1.75 bits per heavy atom. The molecule has 10 heteroatoms. The second kappa shape index (κ2) is 6.09. The van der Waals surface area contributed by atoms with Gasteiger partial charge in [-0.15, -0.1) is 0 Å². The molecule has 0 aromatic heterocycles. The van der Waals surface area contributed by atoms with Crippen LogP contribution in [0, 0.1) is 0 Å². The van der Waals surface area contributed by atoms with E-state index in [2.05, 4.69) is 33.7 Å². The first-order valence-electron chi connectivity index (χ1n) is 2.51. The molecule has 0 saturated heterocycles. The van der Waals surface area contributed by atoms with Gasteiger partial charge in [0.2, 0.25) is 0 Å². The average molecular weight is 230 g/mol. The molecule has 0 fully saturated rings. The maximum Gasteiger partial charge on any atom is 0.361 e. The summed E-state index contributed by atoms with van der Waals surface area (Å²) in [5.74, 6) is 0. The lowest BCUT2D eigenvalue weighted by Crippen LogP contribution is -2.30.